The molecular weight excluding hydrogens is 280 g/mol. The minimum atomic E-state index is -0.272. The van der Waals surface area contributed by atoms with E-state index in [-0.39, 0.29) is 17.5 Å². The van der Waals surface area contributed by atoms with Crippen LogP contribution in [-0.2, 0) is 6.42 Å². The molecule has 0 radical (unpaired) electrons. The van der Waals surface area contributed by atoms with E-state index in [9.17, 15) is 15.0 Å². The van der Waals surface area contributed by atoms with Crippen LogP contribution < -0.4 is 10.6 Å². The third kappa shape index (κ3) is 4.15. The van der Waals surface area contributed by atoms with Crippen molar-refractivity contribution in [1.82, 2.24) is 5.32 Å². The second-order valence-corrected chi connectivity index (χ2v) is 5.27. The van der Waals surface area contributed by atoms with Crippen molar-refractivity contribution in [2.75, 3.05) is 11.9 Å². The van der Waals surface area contributed by atoms with E-state index in [2.05, 4.69) is 10.6 Å². The number of aromatic hydroxyl groups is 2. The summed E-state index contributed by atoms with van der Waals surface area (Å²) < 4.78 is 0. The minimum Gasteiger partial charge on any atom is -0.504 e. The highest BCUT2D eigenvalue weighted by Crippen LogP contribution is 2.28. The van der Waals surface area contributed by atoms with E-state index >= 15 is 0 Å². The summed E-state index contributed by atoms with van der Waals surface area (Å²) >= 11 is 0. The van der Waals surface area contributed by atoms with E-state index < -0.39 is 0 Å². The Bertz CT molecular complexity index is 684. The van der Waals surface area contributed by atoms with Crippen LogP contribution in [0.2, 0.25) is 0 Å². The van der Waals surface area contributed by atoms with Crippen molar-refractivity contribution in [3.8, 4) is 11.5 Å². The molecule has 0 heterocycles. The third-order valence-corrected chi connectivity index (χ3v) is 3.39. The second-order valence-electron chi connectivity index (χ2n) is 5.27. The number of rotatable bonds is 4. The van der Waals surface area contributed by atoms with Crippen molar-refractivity contribution in [2.24, 2.45) is 0 Å². The van der Waals surface area contributed by atoms with Gasteiger partial charge in [-0.25, -0.2) is 4.79 Å². The number of anilines is 1. The summed E-state index contributed by atoms with van der Waals surface area (Å²) in [5, 5.41) is 24.4. The highest BCUT2D eigenvalue weighted by molar-refractivity contribution is 5.89. The Balaban J connectivity index is 1.86. The monoisotopic (exact) mass is 300 g/mol. The lowest BCUT2D eigenvalue weighted by atomic mass is 10.0. The number of carbonyl (C=O) groups is 1. The van der Waals surface area contributed by atoms with Crippen molar-refractivity contribution in [3.05, 3.63) is 53.1 Å². The lowest BCUT2D eigenvalue weighted by Crippen LogP contribution is -2.30. The maximum atomic E-state index is 11.8. The van der Waals surface area contributed by atoms with Crippen LogP contribution in [0.25, 0.3) is 0 Å². The molecule has 0 aliphatic carbocycles. The number of carbonyl (C=O) groups excluding carboxylic acids is 1. The molecule has 2 rings (SSSR count). The van der Waals surface area contributed by atoms with Crippen molar-refractivity contribution in [2.45, 2.75) is 20.3 Å². The van der Waals surface area contributed by atoms with Crippen LogP contribution in [0.3, 0.4) is 0 Å². The molecule has 22 heavy (non-hydrogen) atoms. The quantitative estimate of drug-likeness (QED) is 0.655. The van der Waals surface area contributed by atoms with E-state index in [1.165, 1.54) is 12.1 Å². The molecule has 0 saturated heterocycles. The molecule has 0 aromatic heterocycles. The van der Waals surface area contributed by atoms with Gasteiger partial charge in [0.2, 0.25) is 0 Å². The van der Waals surface area contributed by atoms with E-state index in [0.717, 1.165) is 22.4 Å². The molecule has 0 aliphatic rings. The van der Waals surface area contributed by atoms with Crippen molar-refractivity contribution in [1.29, 1.82) is 0 Å². The van der Waals surface area contributed by atoms with Gasteiger partial charge >= 0.3 is 6.03 Å². The molecule has 5 nitrogen and oxygen atoms in total. The lowest BCUT2D eigenvalue weighted by Gasteiger charge is -2.10. The van der Waals surface area contributed by atoms with Gasteiger partial charge in [0.15, 0.2) is 11.5 Å². The first-order chi connectivity index (χ1) is 10.5. The number of nitrogens with one attached hydrogen (secondary N) is 2. The SMILES string of the molecule is Cc1cccc(NC(=O)NCCc2cc(O)c(O)cc2C)c1. The number of hydrogen-bond acceptors (Lipinski definition) is 3. The first kappa shape index (κ1) is 15.7. The van der Waals surface area contributed by atoms with Crippen LogP contribution in [0.4, 0.5) is 10.5 Å². The topological polar surface area (TPSA) is 81.6 Å². The highest BCUT2D eigenvalue weighted by Gasteiger charge is 2.06. The predicted molar refractivity (Wildman–Crippen MR) is 86.4 cm³/mol. The van der Waals surface area contributed by atoms with Crippen LogP contribution in [0.5, 0.6) is 11.5 Å². The van der Waals surface area contributed by atoms with Gasteiger partial charge < -0.3 is 20.8 Å². The van der Waals surface area contributed by atoms with E-state index in [1.807, 2.05) is 38.1 Å². The summed E-state index contributed by atoms with van der Waals surface area (Å²) in [4.78, 5) is 11.8. The van der Waals surface area contributed by atoms with Gasteiger partial charge in [-0.1, -0.05) is 12.1 Å². The van der Waals surface area contributed by atoms with Gasteiger partial charge in [-0.2, -0.15) is 0 Å². The molecule has 0 bridgehead atoms. The van der Waals surface area contributed by atoms with E-state index in [0.29, 0.717) is 13.0 Å². The molecule has 0 unspecified atom stereocenters. The number of urea groups is 1. The fourth-order valence-electron chi connectivity index (χ4n) is 2.20. The molecule has 0 spiro atoms. The standard InChI is InChI=1S/C17H20N2O3/c1-11-4-3-5-14(8-11)19-17(22)18-7-6-13-10-16(21)15(20)9-12(13)2/h3-5,8-10,20-21H,6-7H2,1-2H3,(H2,18,19,22). The normalized spacial score (nSPS) is 10.3. The summed E-state index contributed by atoms with van der Waals surface area (Å²) in [5.74, 6) is -0.281. The van der Waals surface area contributed by atoms with Crippen LogP contribution in [0.15, 0.2) is 36.4 Å². The molecule has 2 amide bonds. The van der Waals surface area contributed by atoms with Gasteiger partial charge in [-0.3, -0.25) is 0 Å². The Labute approximate surface area is 129 Å². The van der Waals surface area contributed by atoms with Gasteiger partial charge in [0.25, 0.3) is 0 Å². The third-order valence-electron chi connectivity index (χ3n) is 3.39. The summed E-state index contributed by atoms with van der Waals surface area (Å²) in [6.07, 6.45) is 0.570. The number of phenolic OH excluding ortho intramolecular Hbond substituents is 2. The largest absolute Gasteiger partial charge is 0.504 e. The second kappa shape index (κ2) is 6.85. The fourth-order valence-corrected chi connectivity index (χ4v) is 2.20. The zero-order valence-electron chi connectivity index (χ0n) is 12.7. The molecule has 116 valence electrons. The molecule has 0 fully saturated rings. The van der Waals surface area contributed by atoms with Crippen molar-refractivity contribution in [3.63, 3.8) is 0 Å². The van der Waals surface area contributed by atoms with Gasteiger partial charge in [-0.05, 0) is 61.2 Å². The molecule has 2 aromatic rings. The first-order valence-corrected chi connectivity index (χ1v) is 7.08. The lowest BCUT2D eigenvalue weighted by molar-refractivity contribution is 0.252. The number of amides is 2. The Morgan fingerprint density at radius 1 is 1.09 bits per heavy atom. The Hall–Kier alpha value is -2.69. The average Bonchev–Trinajstić information content (AvgIpc) is 2.44. The summed E-state index contributed by atoms with van der Waals surface area (Å²) in [6, 6.07) is 10.3. The van der Waals surface area contributed by atoms with E-state index in [1.54, 1.807) is 0 Å². The van der Waals surface area contributed by atoms with Crippen LogP contribution >= 0.6 is 0 Å². The van der Waals surface area contributed by atoms with Gasteiger partial charge in [0, 0.05) is 12.2 Å². The van der Waals surface area contributed by atoms with Crippen molar-refractivity contribution >= 4 is 11.7 Å². The minimum absolute atomic E-state index is 0.133. The van der Waals surface area contributed by atoms with Gasteiger partial charge in [-0.15, -0.1) is 0 Å². The Morgan fingerprint density at radius 2 is 1.82 bits per heavy atom. The predicted octanol–water partition coefficient (Wildman–Crippen LogP) is 3.08. The smallest absolute Gasteiger partial charge is 0.319 e. The average molecular weight is 300 g/mol. The highest BCUT2D eigenvalue weighted by atomic mass is 16.3. The Kier molecular flexibility index (Phi) is 4.88. The molecule has 5 heteroatoms. The number of aryl methyl sites for hydroxylation is 2. The Morgan fingerprint density at radius 3 is 2.55 bits per heavy atom. The molecular formula is C17H20N2O3. The summed E-state index contributed by atoms with van der Waals surface area (Å²) in [7, 11) is 0. The zero-order chi connectivity index (χ0) is 16.1. The van der Waals surface area contributed by atoms with Crippen molar-refractivity contribution < 1.29 is 15.0 Å². The van der Waals surface area contributed by atoms with E-state index in [4.69, 9.17) is 0 Å². The first-order valence-electron chi connectivity index (χ1n) is 7.08. The summed E-state index contributed by atoms with van der Waals surface area (Å²) in [5.41, 5.74) is 3.58. The van der Waals surface area contributed by atoms with Gasteiger partial charge in [0.05, 0.1) is 0 Å². The van der Waals surface area contributed by atoms with Crippen LogP contribution in [0.1, 0.15) is 16.7 Å². The molecule has 0 aliphatic heterocycles. The molecule has 4 N–H and O–H groups in total. The molecule has 0 atom stereocenters. The fraction of sp³-hybridized carbons (Fsp3) is 0.235. The van der Waals surface area contributed by atoms with Gasteiger partial charge in [0.1, 0.15) is 0 Å². The number of hydrogen-bond donors (Lipinski definition) is 4. The summed E-state index contributed by atoms with van der Waals surface area (Å²) in [6.45, 7) is 4.24. The number of phenols is 2. The maximum absolute atomic E-state index is 11.8. The number of benzene rings is 2. The van der Waals surface area contributed by atoms with Crippen LogP contribution in [-0.4, -0.2) is 22.8 Å². The molecule has 0 saturated carbocycles. The van der Waals surface area contributed by atoms with Crippen LogP contribution in [0, 0.1) is 13.8 Å². The molecule has 2 aromatic carbocycles. The zero-order valence-corrected chi connectivity index (χ0v) is 12.7. The maximum Gasteiger partial charge on any atom is 0.319 e.